The highest BCUT2D eigenvalue weighted by molar-refractivity contribution is 7.90. The molecule has 0 saturated heterocycles. The van der Waals surface area contributed by atoms with Crippen molar-refractivity contribution in [1.82, 2.24) is 9.71 Å². The molecule has 2 aromatic rings. The molecular weight excluding hydrogens is 315 g/mol. The zero-order valence-corrected chi connectivity index (χ0v) is 13.8. The van der Waals surface area contributed by atoms with Gasteiger partial charge in [-0.25, -0.2) is 18.1 Å². The van der Waals surface area contributed by atoms with Crippen LogP contribution in [0.1, 0.15) is 31.7 Å². The van der Waals surface area contributed by atoms with Crippen LogP contribution in [0.15, 0.2) is 42.6 Å². The molecule has 1 heterocycles. The van der Waals surface area contributed by atoms with Crippen molar-refractivity contribution in [2.75, 3.05) is 0 Å². The van der Waals surface area contributed by atoms with Crippen molar-refractivity contribution in [3.8, 4) is 11.1 Å². The third-order valence-corrected chi connectivity index (χ3v) is 6.00. The summed E-state index contributed by atoms with van der Waals surface area (Å²) in [4.78, 5) is 3.65. The van der Waals surface area contributed by atoms with Crippen LogP contribution in [-0.4, -0.2) is 24.7 Å². The van der Waals surface area contributed by atoms with Gasteiger partial charge < -0.3 is 0 Å². The highest BCUT2D eigenvalue weighted by Gasteiger charge is 2.41. The summed E-state index contributed by atoms with van der Waals surface area (Å²) >= 11 is 0. The highest BCUT2D eigenvalue weighted by atomic mass is 32.2. The molecule has 23 heavy (non-hydrogen) atoms. The normalized spacial score (nSPS) is 20.7. The summed E-state index contributed by atoms with van der Waals surface area (Å²) in [5.74, 6) is -0.271. The Kier molecular flexibility index (Phi) is 4.21. The van der Waals surface area contributed by atoms with Gasteiger partial charge in [0.05, 0.1) is 5.25 Å². The maximum Gasteiger partial charge on any atom is 0.214 e. The maximum absolute atomic E-state index is 12.8. The van der Waals surface area contributed by atoms with Gasteiger partial charge in [0.25, 0.3) is 0 Å². The Labute approximate surface area is 135 Å². The van der Waals surface area contributed by atoms with Gasteiger partial charge in [-0.3, -0.25) is 0 Å². The summed E-state index contributed by atoms with van der Waals surface area (Å²) < 4.78 is 39.4. The third-order valence-electron chi connectivity index (χ3n) is 4.13. The second kappa shape index (κ2) is 6.02. The first-order valence-corrected chi connectivity index (χ1v) is 9.14. The molecule has 1 saturated carbocycles. The molecule has 0 aliphatic heterocycles. The summed E-state index contributed by atoms with van der Waals surface area (Å²) in [6.45, 7) is 3.34. The molecule has 0 radical (unpaired) electrons. The van der Waals surface area contributed by atoms with E-state index in [9.17, 15) is 12.8 Å². The fourth-order valence-corrected chi connectivity index (χ4v) is 3.46. The smallest absolute Gasteiger partial charge is 0.214 e. The van der Waals surface area contributed by atoms with E-state index in [1.54, 1.807) is 19.9 Å². The van der Waals surface area contributed by atoms with Crippen LogP contribution in [-0.2, 0) is 10.0 Å². The third kappa shape index (κ3) is 3.59. The van der Waals surface area contributed by atoms with Crippen LogP contribution in [0, 0.1) is 5.95 Å². The van der Waals surface area contributed by atoms with Gasteiger partial charge in [0, 0.05) is 23.7 Å². The van der Waals surface area contributed by atoms with Crippen LogP contribution in [0.4, 0.5) is 4.39 Å². The summed E-state index contributed by atoms with van der Waals surface area (Å²) in [5.41, 5.74) is 2.92. The number of nitrogens with one attached hydrogen (secondary N) is 1. The second-order valence-corrected chi connectivity index (χ2v) is 8.42. The van der Waals surface area contributed by atoms with E-state index in [2.05, 4.69) is 9.71 Å². The van der Waals surface area contributed by atoms with Crippen molar-refractivity contribution in [3.05, 3.63) is 54.1 Å². The summed E-state index contributed by atoms with van der Waals surface area (Å²) in [7, 11) is -3.22. The quantitative estimate of drug-likeness (QED) is 0.855. The molecule has 0 bridgehead atoms. The minimum absolute atomic E-state index is 0.0132. The number of rotatable bonds is 5. The first-order chi connectivity index (χ1) is 10.9. The Hall–Kier alpha value is -1.79. The number of benzene rings is 1. The fraction of sp³-hybridized carbons (Fsp3) is 0.353. The monoisotopic (exact) mass is 334 g/mol. The number of pyridine rings is 1. The van der Waals surface area contributed by atoms with Crippen molar-refractivity contribution in [2.24, 2.45) is 0 Å². The molecule has 0 spiro atoms. The van der Waals surface area contributed by atoms with Crippen LogP contribution < -0.4 is 4.72 Å². The van der Waals surface area contributed by atoms with E-state index in [-0.39, 0.29) is 12.0 Å². The predicted molar refractivity (Wildman–Crippen MR) is 88.0 cm³/mol. The van der Waals surface area contributed by atoms with E-state index in [0.717, 1.165) is 23.1 Å². The first-order valence-electron chi connectivity index (χ1n) is 7.60. The van der Waals surface area contributed by atoms with Gasteiger partial charge in [-0.1, -0.05) is 24.3 Å². The topological polar surface area (TPSA) is 59.1 Å². The van der Waals surface area contributed by atoms with Crippen LogP contribution in [0.25, 0.3) is 11.1 Å². The molecule has 1 N–H and O–H groups in total. The number of sulfonamides is 1. The molecule has 6 heteroatoms. The average molecular weight is 334 g/mol. The average Bonchev–Trinajstić information content (AvgIpc) is 3.26. The Morgan fingerprint density at radius 2 is 1.78 bits per heavy atom. The fourth-order valence-electron chi connectivity index (χ4n) is 2.51. The summed E-state index contributed by atoms with van der Waals surface area (Å²) in [6.07, 6.45) is 2.32. The SMILES string of the molecule is CC(C)S(=O)(=O)N[C@H]1C[C@@H]1c1ccc(-c2ccc(F)nc2)cc1. The lowest BCUT2D eigenvalue weighted by molar-refractivity contribution is 0.570. The molecule has 4 nitrogen and oxygen atoms in total. The van der Waals surface area contributed by atoms with Gasteiger partial charge in [-0.05, 0) is 43.5 Å². The van der Waals surface area contributed by atoms with Gasteiger partial charge in [0.2, 0.25) is 16.0 Å². The van der Waals surface area contributed by atoms with Gasteiger partial charge in [-0.2, -0.15) is 4.39 Å². The van der Waals surface area contributed by atoms with Crippen molar-refractivity contribution < 1.29 is 12.8 Å². The standard InChI is InChI=1S/C17H19FN2O2S/c1-11(2)23(21,22)20-16-9-15(16)13-5-3-12(4-6-13)14-7-8-17(18)19-10-14/h3-8,10-11,15-16,20H,9H2,1-2H3/t15-,16+/m1/s1. The van der Waals surface area contributed by atoms with Crippen LogP contribution in [0.5, 0.6) is 0 Å². The number of halogens is 1. The van der Waals surface area contributed by atoms with Crippen molar-refractivity contribution in [3.63, 3.8) is 0 Å². The van der Waals surface area contributed by atoms with Gasteiger partial charge >= 0.3 is 0 Å². The first kappa shape index (κ1) is 16.1. The van der Waals surface area contributed by atoms with Crippen LogP contribution in [0.2, 0.25) is 0 Å². The zero-order chi connectivity index (χ0) is 16.6. The lowest BCUT2D eigenvalue weighted by atomic mass is 10.0. The molecule has 1 fully saturated rings. The van der Waals surface area contributed by atoms with E-state index < -0.39 is 21.2 Å². The summed E-state index contributed by atoms with van der Waals surface area (Å²) in [6, 6.07) is 10.9. The largest absolute Gasteiger partial charge is 0.228 e. The molecule has 2 atom stereocenters. The molecule has 0 unspecified atom stereocenters. The van der Waals surface area contributed by atoms with Gasteiger partial charge in [0.1, 0.15) is 0 Å². The molecule has 1 aromatic heterocycles. The van der Waals surface area contributed by atoms with Crippen LogP contribution >= 0.6 is 0 Å². The molecule has 3 rings (SSSR count). The van der Waals surface area contributed by atoms with E-state index in [1.807, 2.05) is 24.3 Å². The van der Waals surface area contributed by atoms with Crippen LogP contribution in [0.3, 0.4) is 0 Å². The molecular formula is C17H19FN2O2S. The Morgan fingerprint density at radius 1 is 1.13 bits per heavy atom. The Bertz CT molecular complexity index is 786. The molecule has 0 amide bonds. The van der Waals surface area contributed by atoms with E-state index in [1.165, 1.54) is 12.3 Å². The van der Waals surface area contributed by atoms with E-state index in [4.69, 9.17) is 0 Å². The Morgan fingerprint density at radius 3 is 2.35 bits per heavy atom. The van der Waals surface area contributed by atoms with Crippen molar-refractivity contribution >= 4 is 10.0 Å². The molecule has 1 aliphatic rings. The minimum atomic E-state index is -3.22. The Balaban J connectivity index is 1.69. The molecule has 1 aromatic carbocycles. The number of hydrogen-bond donors (Lipinski definition) is 1. The number of aromatic nitrogens is 1. The molecule has 1 aliphatic carbocycles. The van der Waals surface area contributed by atoms with Crippen molar-refractivity contribution in [1.29, 1.82) is 0 Å². The maximum atomic E-state index is 12.8. The van der Waals surface area contributed by atoms with Gasteiger partial charge in [0.15, 0.2) is 0 Å². The lowest BCUT2D eigenvalue weighted by Crippen LogP contribution is -2.33. The number of nitrogens with zero attached hydrogens (tertiary/aromatic N) is 1. The van der Waals surface area contributed by atoms with Crippen molar-refractivity contribution in [2.45, 2.75) is 37.5 Å². The zero-order valence-electron chi connectivity index (χ0n) is 13.0. The van der Waals surface area contributed by atoms with E-state index in [0.29, 0.717) is 0 Å². The summed E-state index contributed by atoms with van der Waals surface area (Å²) in [5, 5.41) is -0.419. The highest BCUT2D eigenvalue weighted by Crippen LogP contribution is 2.41. The predicted octanol–water partition coefficient (Wildman–Crippen LogP) is 3.07. The minimum Gasteiger partial charge on any atom is -0.228 e. The lowest BCUT2D eigenvalue weighted by Gasteiger charge is -2.09. The number of hydrogen-bond acceptors (Lipinski definition) is 3. The molecule has 122 valence electrons. The van der Waals surface area contributed by atoms with E-state index >= 15 is 0 Å². The van der Waals surface area contributed by atoms with Gasteiger partial charge in [-0.15, -0.1) is 0 Å². The second-order valence-electron chi connectivity index (χ2n) is 6.15.